The van der Waals surface area contributed by atoms with Crippen LogP contribution >= 0.6 is 22.9 Å². The summed E-state index contributed by atoms with van der Waals surface area (Å²) < 4.78 is 2.58. The molecule has 4 aliphatic rings. The second kappa shape index (κ2) is 1.52. The number of fused-ring (bicyclic) bond motifs is 1. The summed E-state index contributed by atoms with van der Waals surface area (Å²) in [6, 6.07) is 0. The summed E-state index contributed by atoms with van der Waals surface area (Å²) in [6.45, 7) is 12.2. The Hall–Kier alpha value is 0.650. The van der Waals surface area contributed by atoms with Crippen LogP contribution in [0.3, 0.4) is 0 Å². The standard InChI is InChI=1S/C10H19IN2/c1-8(2)9(3,4)13(11)7-10(13,5)12(7,8)6/h7H,1-6H3/q+2/t7-,10+,12?,13+/m1/s1. The Bertz CT molecular complexity index is 308. The topological polar surface area (TPSA) is 0 Å². The molecule has 4 atom stereocenters. The van der Waals surface area contributed by atoms with E-state index < -0.39 is 0 Å². The molecule has 0 aromatic carbocycles. The molecule has 0 aromatic rings. The maximum absolute atomic E-state index is 2.69. The van der Waals surface area contributed by atoms with E-state index in [-0.39, 0.29) is 0 Å². The number of hydrogen-bond acceptors (Lipinski definition) is 0. The molecular formula is C10H19IN2+2. The van der Waals surface area contributed by atoms with Gasteiger partial charge in [0.25, 0.3) is 22.9 Å². The van der Waals surface area contributed by atoms with Crippen LogP contribution in [-0.4, -0.2) is 37.1 Å². The Morgan fingerprint density at radius 2 is 1.38 bits per heavy atom. The third-order valence-electron chi connectivity index (χ3n) is 6.25. The first-order valence-corrected chi connectivity index (χ1v) is 6.03. The Morgan fingerprint density at radius 1 is 1.00 bits per heavy atom. The molecule has 2 nitrogen and oxygen atoms in total. The van der Waals surface area contributed by atoms with Crippen LogP contribution in [0, 0.1) is 0 Å². The van der Waals surface area contributed by atoms with Gasteiger partial charge in [-0.15, -0.1) is 2.70 Å². The fourth-order valence-corrected chi connectivity index (χ4v) is 6.60. The smallest absolute Gasteiger partial charge is 0.194 e. The average Bonchev–Trinajstić information content (AvgIpc) is 2.68. The molecule has 1 unspecified atom stereocenters. The highest BCUT2D eigenvalue weighted by Crippen LogP contribution is 2.90. The Labute approximate surface area is 94.6 Å². The Kier molecular flexibility index (Phi) is 1.04. The molecule has 2 bridgehead atoms. The molecule has 4 fully saturated rings. The molecule has 0 spiro atoms. The van der Waals surface area contributed by atoms with Crippen molar-refractivity contribution in [3.63, 3.8) is 0 Å². The van der Waals surface area contributed by atoms with Gasteiger partial charge in [-0.25, -0.2) is 0 Å². The predicted octanol–water partition coefficient (Wildman–Crippen LogP) is 2.24. The Balaban J connectivity index is 2.24. The van der Waals surface area contributed by atoms with E-state index >= 15 is 0 Å². The first-order chi connectivity index (χ1) is 5.62. The molecule has 0 aliphatic carbocycles. The minimum Gasteiger partial charge on any atom is -0.194 e. The van der Waals surface area contributed by atoms with E-state index in [1.54, 1.807) is 0 Å². The molecule has 0 aromatic heterocycles. The number of hydrogen-bond donors (Lipinski definition) is 0. The lowest BCUT2D eigenvalue weighted by Crippen LogP contribution is -2.52. The zero-order valence-corrected chi connectivity index (χ0v) is 11.5. The van der Waals surface area contributed by atoms with Crippen LogP contribution in [0.25, 0.3) is 0 Å². The minimum atomic E-state index is 0.418. The number of piperazine rings is 1. The number of rotatable bonds is 0. The van der Waals surface area contributed by atoms with Crippen molar-refractivity contribution in [2.24, 2.45) is 0 Å². The van der Waals surface area contributed by atoms with Crippen molar-refractivity contribution in [2.45, 2.75) is 57.5 Å². The number of likely N-dealkylation sites (N-methyl/N-ethyl adjacent to an activating group) is 1. The summed E-state index contributed by atoms with van der Waals surface area (Å²) in [6.07, 6.45) is 0.887. The lowest BCUT2D eigenvalue weighted by atomic mass is 9.84. The molecule has 0 amide bonds. The van der Waals surface area contributed by atoms with Gasteiger partial charge in [0.2, 0.25) is 0 Å². The third kappa shape index (κ3) is 0.403. The van der Waals surface area contributed by atoms with Crippen LogP contribution < -0.4 is 0 Å². The van der Waals surface area contributed by atoms with E-state index in [1.807, 2.05) is 0 Å². The molecule has 74 valence electrons. The van der Waals surface area contributed by atoms with Gasteiger partial charge in [0.15, 0.2) is 11.1 Å². The summed E-state index contributed by atoms with van der Waals surface area (Å²) in [5.41, 5.74) is 1.39. The van der Waals surface area contributed by atoms with Crippen LogP contribution in [0.5, 0.6) is 0 Å². The molecule has 0 radical (unpaired) electrons. The maximum atomic E-state index is 2.69. The van der Waals surface area contributed by atoms with Gasteiger partial charge in [-0.1, -0.05) is 0 Å². The van der Waals surface area contributed by atoms with Gasteiger partial charge in [-0.05, 0) is 27.7 Å². The third-order valence-corrected chi connectivity index (χ3v) is 8.96. The van der Waals surface area contributed by atoms with Crippen molar-refractivity contribution < 1.29 is 7.18 Å². The molecule has 0 saturated carbocycles. The second-order valence-electron chi connectivity index (χ2n) is 6.30. The van der Waals surface area contributed by atoms with Crippen LogP contribution in [0.1, 0.15) is 34.6 Å². The minimum absolute atomic E-state index is 0.418. The Morgan fingerprint density at radius 3 is 1.46 bits per heavy atom. The highest BCUT2D eigenvalue weighted by Gasteiger charge is 3.22. The maximum Gasteiger partial charge on any atom is 0.349 e. The van der Waals surface area contributed by atoms with Gasteiger partial charge in [-0.2, -0.15) is 4.48 Å². The van der Waals surface area contributed by atoms with Crippen LogP contribution in [0.15, 0.2) is 0 Å². The molecule has 4 aliphatic heterocycles. The monoisotopic (exact) mass is 294 g/mol. The summed E-state index contributed by atoms with van der Waals surface area (Å²) >= 11 is 2.69. The van der Waals surface area contributed by atoms with Crippen molar-refractivity contribution in [1.82, 2.24) is 0 Å². The number of quaternary nitrogens is 2. The van der Waals surface area contributed by atoms with Gasteiger partial charge >= 0.3 is 11.8 Å². The van der Waals surface area contributed by atoms with Crippen molar-refractivity contribution in [3.05, 3.63) is 0 Å². The van der Waals surface area contributed by atoms with Crippen molar-refractivity contribution in [2.75, 3.05) is 7.05 Å². The first-order valence-electron chi connectivity index (χ1n) is 5.07. The molecule has 4 saturated heterocycles. The molecule has 4 heterocycles. The van der Waals surface area contributed by atoms with Gasteiger partial charge in [0.1, 0.15) is 0 Å². The van der Waals surface area contributed by atoms with E-state index in [9.17, 15) is 0 Å². The fourth-order valence-electron chi connectivity index (χ4n) is 4.41. The zero-order chi connectivity index (χ0) is 10.1. The predicted molar refractivity (Wildman–Crippen MR) is 60.8 cm³/mol. The van der Waals surface area contributed by atoms with Gasteiger partial charge in [0.05, 0.1) is 14.0 Å². The van der Waals surface area contributed by atoms with Gasteiger partial charge < -0.3 is 0 Å². The molecule has 0 N–H and O–H groups in total. The van der Waals surface area contributed by atoms with E-state index in [0.29, 0.717) is 16.7 Å². The molecule has 3 heteroatoms. The van der Waals surface area contributed by atoms with Crippen LogP contribution in [0.2, 0.25) is 0 Å². The molecular weight excluding hydrogens is 275 g/mol. The largest absolute Gasteiger partial charge is 0.349 e. The van der Waals surface area contributed by atoms with Crippen LogP contribution in [0.4, 0.5) is 0 Å². The second-order valence-corrected chi connectivity index (χ2v) is 7.82. The average molecular weight is 294 g/mol. The van der Waals surface area contributed by atoms with Crippen molar-refractivity contribution in [1.29, 1.82) is 0 Å². The van der Waals surface area contributed by atoms with E-state index in [4.69, 9.17) is 0 Å². The first kappa shape index (κ1) is 8.92. The molecule has 13 heavy (non-hydrogen) atoms. The quantitative estimate of drug-likeness (QED) is 0.278. The summed E-state index contributed by atoms with van der Waals surface area (Å²) in [5.74, 6) is 0. The zero-order valence-electron chi connectivity index (χ0n) is 9.35. The van der Waals surface area contributed by atoms with E-state index in [1.165, 1.54) is 7.18 Å². The number of halogens is 1. The lowest BCUT2D eigenvalue weighted by molar-refractivity contribution is -1.03. The van der Waals surface area contributed by atoms with Crippen molar-refractivity contribution >= 4 is 22.9 Å². The highest BCUT2D eigenvalue weighted by atomic mass is 127. The lowest BCUT2D eigenvalue weighted by Gasteiger charge is -2.29. The number of nitrogens with zero attached hydrogens (tertiary/aromatic N) is 2. The SMILES string of the molecule is CC1(C)C(C)(C)[N@@+]2(I)[C@@H]3[C@@]2(C)[N+]31C. The van der Waals surface area contributed by atoms with E-state index in [2.05, 4.69) is 64.5 Å². The highest BCUT2D eigenvalue weighted by molar-refractivity contribution is 14.1. The summed E-state index contributed by atoms with van der Waals surface area (Å²) in [5, 5.41) is 0. The van der Waals surface area contributed by atoms with Crippen LogP contribution in [-0.2, 0) is 0 Å². The fraction of sp³-hybridized carbons (Fsp3) is 1.00. The van der Waals surface area contributed by atoms with Gasteiger partial charge in [0, 0.05) is 0 Å². The van der Waals surface area contributed by atoms with Gasteiger partial charge in [-0.3, -0.25) is 0 Å². The summed E-state index contributed by atoms with van der Waals surface area (Å²) in [4.78, 5) is 0. The van der Waals surface area contributed by atoms with Crippen molar-refractivity contribution in [3.8, 4) is 0 Å². The molecule has 4 rings (SSSR count). The summed E-state index contributed by atoms with van der Waals surface area (Å²) in [7, 11) is 2.44. The van der Waals surface area contributed by atoms with E-state index in [0.717, 1.165) is 6.17 Å². The normalized spacial score (nSPS) is 69.0.